The molecule has 0 amide bonds. The van der Waals surface area contributed by atoms with Crippen LogP contribution < -0.4 is 15.3 Å². The van der Waals surface area contributed by atoms with Gasteiger partial charge in [0.05, 0.1) is 30.9 Å². The van der Waals surface area contributed by atoms with Crippen molar-refractivity contribution in [3.05, 3.63) is 51.9 Å². The van der Waals surface area contributed by atoms with Crippen molar-refractivity contribution >= 4 is 30.1 Å². The summed E-state index contributed by atoms with van der Waals surface area (Å²) < 4.78 is 5.82. The van der Waals surface area contributed by atoms with E-state index in [1.54, 1.807) is 20.4 Å². The van der Waals surface area contributed by atoms with Gasteiger partial charge in [-0.2, -0.15) is 9.94 Å². The van der Waals surface area contributed by atoms with Gasteiger partial charge in [0.2, 0.25) is 0 Å². The average molecular weight is 362 g/mol. The number of ether oxygens (including phenoxy) is 1. The Morgan fingerprint density at radius 1 is 1.24 bits per heavy atom. The quantitative estimate of drug-likeness (QED) is 0.761. The van der Waals surface area contributed by atoms with Crippen LogP contribution in [0.3, 0.4) is 0 Å². The van der Waals surface area contributed by atoms with Crippen molar-refractivity contribution in [2.45, 2.75) is 12.8 Å². The summed E-state index contributed by atoms with van der Waals surface area (Å²) >= 11 is 0. The number of rotatable bonds is 3. The lowest BCUT2D eigenvalue weighted by Crippen LogP contribution is -2.42. The first-order valence-corrected chi connectivity index (χ1v) is 8.00. The van der Waals surface area contributed by atoms with Crippen LogP contribution in [0, 0.1) is 0 Å². The highest BCUT2D eigenvalue weighted by Crippen LogP contribution is 2.43. The van der Waals surface area contributed by atoms with Crippen molar-refractivity contribution in [1.82, 2.24) is 10.2 Å². The van der Waals surface area contributed by atoms with Gasteiger partial charge in [-0.15, -0.1) is 17.5 Å². The molecular weight excluding hydrogens is 340 g/mol. The number of hydrogen-bond acceptors (Lipinski definition) is 5. The van der Waals surface area contributed by atoms with Crippen LogP contribution in [0.2, 0.25) is 0 Å². The molecule has 1 unspecified atom stereocenters. The van der Waals surface area contributed by atoms with Gasteiger partial charge in [-0.25, -0.2) is 0 Å². The van der Waals surface area contributed by atoms with E-state index in [0.29, 0.717) is 0 Å². The summed E-state index contributed by atoms with van der Waals surface area (Å²) in [4.78, 5) is 7.97. The summed E-state index contributed by atoms with van der Waals surface area (Å²) in [6.07, 6.45) is 12.4. The summed E-state index contributed by atoms with van der Waals surface area (Å²) in [6, 6.07) is 0. The topological polar surface area (TPSA) is 47.5 Å². The lowest BCUT2D eigenvalue weighted by molar-refractivity contribution is -0.962. The molecule has 0 fully saturated rings. The second kappa shape index (κ2) is 6.29. The molecule has 0 spiro atoms. The zero-order valence-electron chi connectivity index (χ0n) is 14.8. The number of nitrogens with zero attached hydrogens (tertiary/aromatic N) is 4. The van der Waals surface area contributed by atoms with Gasteiger partial charge in [0.25, 0.3) is 0 Å². The second-order valence-electron chi connectivity index (χ2n) is 6.28. The molecule has 4 rings (SSSR count). The molecule has 1 aromatic rings. The van der Waals surface area contributed by atoms with Crippen molar-refractivity contribution in [3.63, 3.8) is 0 Å². The molecule has 0 bridgehead atoms. The van der Waals surface area contributed by atoms with Gasteiger partial charge >= 0.3 is 5.88 Å². The van der Waals surface area contributed by atoms with Crippen molar-refractivity contribution < 1.29 is 14.2 Å². The number of quaternary nitrogens is 1. The van der Waals surface area contributed by atoms with Crippen LogP contribution in [0.5, 0.6) is 0 Å². The van der Waals surface area contributed by atoms with Gasteiger partial charge in [0.15, 0.2) is 17.7 Å². The largest absolute Gasteiger partial charge is 0.452 e. The fourth-order valence-electron chi connectivity index (χ4n) is 3.69. The van der Waals surface area contributed by atoms with Crippen LogP contribution >= 0.6 is 12.4 Å². The van der Waals surface area contributed by atoms with E-state index in [1.807, 2.05) is 25.2 Å². The Hall–Kier alpha value is -2.15. The van der Waals surface area contributed by atoms with E-state index >= 15 is 0 Å². The normalized spacial score (nSPS) is 23.0. The number of hydrogen-bond donors (Lipinski definition) is 0. The van der Waals surface area contributed by atoms with Crippen LogP contribution in [-0.4, -0.2) is 43.2 Å². The van der Waals surface area contributed by atoms with Gasteiger partial charge in [0.1, 0.15) is 0 Å². The van der Waals surface area contributed by atoms with E-state index < -0.39 is 0 Å². The molecule has 132 valence electrons. The first-order valence-electron chi connectivity index (χ1n) is 8.00. The lowest BCUT2D eigenvalue weighted by atomic mass is 9.91. The first-order chi connectivity index (χ1) is 11.6. The number of halogens is 1. The summed E-state index contributed by atoms with van der Waals surface area (Å²) in [7, 11) is 7.34. The molecule has 0 saturated carbocycles. The SMILES string of the molecule is COC1=CC2=C(C=CCC2)C2=c3c(N(C)C)nncc3=C[N+]12OC.Cl. The van der Waals surface area contributed by atoms with E-state index in [1.165, 1.54) is 11.1 Å². The molecule has 1 aromatic heterocycles. The highest BCUT2D eigenvalue weighted by molar-refractivity contribution is 5.85. The third-order valence-corrected chi connectivity index (χ3v) is 4.76. The molecule has 6 nitrogen and oxygen atoms in total. The number of aromatic nitrogens is 2. The molecule has 2 aliphatic heterocycles. The molecule has 0 aromatic carbocycles. The van der Waals surface area contributed by atoms with Crippen LogP contribution in [-0.2, 0) is 9.57 Å². The molecular formula is C18H22ClN4O2+. The maximum absolute atomic E-state index is 5.98. The van der Waals surface area contributed by atoms with Crippen LogP contribution in [0.15, 0.2) is 41.5 Å². The minimum atomic E-state index is 0. The molecule has 0 radical (unpaired) electrons. The number of allylic oxidation sites excluding steroid dienone is 3. The van der Waals surface area contributed by atoms with E-state index in [0.717, 1.165) is 40.7 Å². The van der Waals surface area contributed by atoms with Crippen molar-refractivity contribution in [3.8, 4) is 0 Å². The van der Waals surface area contributed by atoms with Gasteiger partial charge in [-0.1, -0.05) is 16.8 Å². The number of fused-ring (bicyclic) bond motifs is 3. The maximum atomic E-state index is 5.98. The highest BCUT2D eigenvalue weighted by atomic mass is 35.5. The van der Waals surface area contributed by atoms with E-state index in [9.17, 15) is 0 Å². The lowest BCUT2D eigenvalue weighted by Gasteiger charge is -2.34. The van der Waals surface area contributed by atoms with Gasteiger partial charge in [-0.3, -0.25) is 0 Å². The summed E-state index contributed by atoms with van der Waals surface area (Å²) in [6.45, 7) is 0. The van der Waals surface area contributed by atoms with E-state index in [4.69, 9.17) is 9.57 Å². The Balaban J connectivity index is 0.00000182. The molecule has 7 heteroatoms. The Morgan fingerprint density at radius 2 is 2.04 bits per heavy atom. The zero-order valence-corrected chi connectivity index (χ0v) is 15.6. The third-order valence-electron chi connectivity index (χ3n) is 4.76. The molecule has 3 heterocycles. The number of methoxy groups -OCH3 is 1. The standard InChI is InChI=1S/C18H21N4O2.ClH/c1-21(2)18-16-13(10-19-20-18)11-22(24-4)15(23-3)9-12-7-5-6-8-14(12)17(16)22;/h6,8-11H,5,7H2,1-4H3;1H/q+1;. The van der Waals surface area contributed by atoms with Crippen molar-refractivity contribution in [1.29, 1.82) is 0 Å². The minimum Gasteiger partial charge on any atom is -0.452 e. The van der Waals surface area contributed by atoms with Gasteiger partial charge in [-0.05, 0) is 18.4 Å². The van der Waals surface area contributed by atoms with Crippen molar-refractivity contribution in [2.24, 2.45) is 0 Å². The average Bonchev–Trinajstić information content (AvgIpc) is 2.96. The predicted octanol–water partition coefficient (Wildman–Crippen LogP) is 1.35. The van der Waals surface area contributed by atoms with Gasteiger partial charge < -0.3 is 9.64 Å². The molecule has 1 aliphatic carbocycles. The molecule has 0 N–H and O–H groups in total. The first kappa shape index (κ1) is 17.7. The monoisotopic (exact) mass is 361 g/mol. The fraction of sp³-hybridized carbons (Fsp3) is 0.333. The molecule has 1 atom stereocenters. The molecule has 3 aliphatic rings. The predicted molar refractivity (Wildman–Crippen MR) is 98.5 cm³/mol. The van der Waals surface area contributed by atoms with Crippen LogP contribution in [0.4, 0.5) is 5.82 Å². The minimum absolute atomic E-state index is 0. The Kier molecular flexibility index (Phi) is 4.45. The number of anilines is 1. The summed E-state index contributed by atoms with van der Waals surface area (Å²) in [5.74, 6) is 1.58. The zero-order chi connectivity index (χ0) is 16.9. The van der Waals surface area contributed by atoms with Crippen LogP contribution in [0.25, 0.3) is 11.9 Å². The van der Waals surface area contributed by atoms with E-state index in [2.05, 4.69) is 28.4 Å². The maximum Gasteiger partial charge on any atom is 0.335 e. The number of hydroxylamine groups is 3. The second-order valence-corrected chi connectivity index (χ2v) is 6.28. The Morgan fingerprint density at radius 3 is 2.72 bits per heavy atom. The highest BCUT2D eigenvalue weighted by Gasteiger charge is 2.49. The summed E-state index contributed by atoms with van der Waals surface area (Å²) in [5.41, 5.74) is 3.52. The fourth-order valence-corrected chi connectivity index (χ4v) is 3.69. The summed E-state index contributed by atoms with van der Waals surface area (Å²) in [5, 5.41) is 10.6. The van der Waals surface area contributed by atoms with Crippen molar-refractivity contribution in [2.75, 3.05) is 33.2 Å². The van der Waals surface area contributed by atoms with Crippen LogP contribution in [0.1, 0.15) is 12.8 Å². The Labute approximate surface area is 153 Å². The molecule has 0 saturated heterocycles. The molecule has 25 heavy (non-hydrogen) atoms. The smallest absolute Gasteiger partial charge is 0.335 e. The Bertz CT molecular complexity index is 933. The third kappa shape index (κ3) is 2.33. The van der Waals surface area contributed by atoms with E-state index in [-0.39, 0.29) is 17.1 Å². The van der Waals surface area contributed by atoms with Gasteiger partial charge in [0, 0.05) is 25.7 Å².